The van der Waals surface area contributed by atoms with Gasteiger partial charge in [-0.2, -0.15) is 0 Å². The van der Waals surface area contributed by atoms with Crippen LogP contribution < -0.4 is 0 Å². The van der Waals surface area contributed by atoms with Crippen molar-refractivity contribution >= 4 is 23.2 Å². The van der Waals surface area contributed by atoms with Crippen molar-refractivity contribution in [1.29, 1.82) is 0 Å². The maximum Gasteiger partial charge on any atom is 0.271 e. The van der Waals surface area contributed by atoms with Gasteiger partial charge in [0.05, 0.1) is 5.56 Å². The van der Waals surface area contributed by atoms with Crippen LogP contribution in [0.3, 0.4) is 0 Å². The first-order chi connectivity index (χ1) is 8.06. The van der Waals surface area contributed by atoms with E-state index in [-0.39, 0.29) is 11.8 Å². The van der Waals surface area contributed by atoms with Crippen LogP contribution in [-0.4, -0.2) is 23.3 Å². The van der Waals surface area contributed by atoms with Gasteiger partial charge in [0.25, 0.3) is 11.8 Å². The molecule has 2 amide bonds. The van der Waals surface area contributed by atoms with Crippen molar-refractivity contribution in [2.45, 2.75) is 39.5 Å². The van der Waals surface area contributed by atoms with Gasteiger partial charge in [-0.05, 0) is 18.4 Å². The molecule has 0 aromatic carbocycles. The van der Waals surface area contributed by atoms with E-state index in [9.17, 15) is 9.59 Å². The molecule has 3 nitrogen and oxygen atoms in total. The highest BCUT2D eigenvalue weighted by Crippen LogP contribution is 2.34. The summed E-state index contributed by atoms with van der Waals surface area (Å²) in [5.41, 5.74) is 0.611. The Labute approximate surface area is 105 Å². The second kappa shape index (κ2) is 4.61. The van der Waals surface area contributed by atoms with Gasteiger partial charge in [0.2, 0.25) is 0 Å². The molecule has 0 spiro atoms. The Balaban J connectivity index is 2.26. The predicted octanol–water partition coefficient (Wildman–Crippen LogP) is 3.27. The summed E-state index contributed by atoms with van der Waals surface area (Å²) in [7, 11) is 0. The number of unbranched alkanes of at least 4 members (excludes halogenated alkanes) is 1. The van der Waals surface area contributed by atoms with Crippen molar-refractivity contribution < 1.29 is 9.59 Å². The van der Waals surface area contributed by atoms with Crippen LogP contribution in [0.1, 0.15) is 64.4 Å². The highest BCUT2D eigenvalue weighted by atomic mass is 32.1. The van der Waals surface area contributed by atoms with Crippen LogP contribution in [0.4, 0.5) is 0 Å². The summed E-state index contributed by atoms with van der Waals surface area (Å²) in [6.07, 6.45) is 1.87. The summed E-state index contributed by atoms with van der Waals surface area (Å²) < 4.78 is 0. The first kappa shape index (κ1) is 12.3. The molecule has 2 heterocycles. The molecule has 1 aliphatic heterocycles. The third-order valence-electron chi connectivity index (χ3n) is 2.97. The third kappa shape index (κ3) is 2.02. The van der Waals surface area contributed by atoms with Gasteiger partial charge < -0.3 is 0 Å². The minimum Gasteiger partial charge on any atom is -0.274 e. The topological polar surface area (TPSA) is 37.4 Å². The lowest BCUT2D eigenvalue weighted by molar-refractivity contribution is 0.0653. The fourth-order valence-electron chi connectivity index (χ4n) is 1.89. The van der Waals surface area contributed by atoms with Crippen molar-refractivity contribution in [3.63, 3.8) is 0 Å². The van der Waals surface area contributed by atoms with Crippen LogP contribution in [0.2, 0.25) is 0 Å². The molecule has 0 N–H and O–H groups in total. The number of hydrogen-bond donors (Lipinski definition) is 0. The van der Waals surface area contributed by atoms with E-state index in [1.165, 1.54) is 16.2 Å². The lowest BCUT2D eigenvalue weighted by atomic mass is 10.1. The molecule has 4 heteroatoms. The fourth-order valence-corrected chi connectivity index (χ4v) is 2.99. The van der Waals surface area contributed by atoms with Gasteiger partial charge in [-0.3, -0.25) is 14.5 Å². The molecule has 1 aliphatic rings. The zero-order valence-electron chi connectivity index (χ0n) is 10.4. The van der Waals surface area contributed by atoms with Crippen LogP contribution >= 0.6 is 11.3 Å². The van der Waals surface area contributed by atoms with Gasteiger partial charge in [0.1, 0.15) is 4.88 Å². The van der Waals surface area contributed by atoms with Crippen LogP contribution in [0, 0.1) is 0 Å². The number of amides is 2. The van der Waals surface area contributed by atoms with Crippen LogP contribution in [0.25, 0.3) is 0 Å². The molecule has 0 bridgehead atoms. The zero-order valence-corrected chi connectivity index (χ0v) is 11.3. The summed E-state index contributed by atoms with van der Waals surface area (Å²) in [6.45, 7) is 6.75. The van der Waals surface area contributed by atoms with Crippen molar-refractivity contribution in [2.75, 3.05) is 6.54 Å². The summed E-state index contributed by atoms with van der Waals surface area (Å²) in [6, 6.07) is 1.89. The van der Waals surface area contributed by atoms with E-state index in [1.54, 1.807) is 0 Å². The van der Waals surface area contributed by atoms with E-state index < -0.39 is 0 Å². The monoisotopic (exact) mass is 251 g/mol. The molecule has 17 heavy (non-hydrogen) atoms. The molecular formula is C13H17NO2S. The molecule has 0 unspecified atom stereocenters. The van der Waals surface area contributed by atoms with E-state index in [2.05, 4.69) is 20.8 Å². The molecule has 0 radical (unpaired) electrons. The number of thiophene rings is 1. The average Bonchev–Trinajstić information content (AvgIpc) is 2.80. The largest absolute Gasteiger partial charge is 0.274 e. The van der Waals surface area contributed by atoms with Gasteiger partial charge in [-0.1, -0.05) is 27.2 Å². The summed E-state index contributed by atoms with van der Waals surface area (Å²) in [5.74, 6) is 0.159. The normalized spacial score (nSPS) is 14.9. The van der Waals surface area contributed by atoms with E-state index in [0.29, 0.717) is 22.9 Å². The Bertz CT molecular complexity index is 428. The minimum atomic E-state index is -0.110. The summed E-state index contributed by atoms with van der Waals surface area (Å²) in [5, 5.41) is 0. The van der Waals surface area contributed by atoms with Crippen LogP contribution in [-0.2, 0) is 0 Å². The lowest BCUT2D eigenvalue weighted by Gasteiger charge is -2.13. The van der Waals surface area contributed by atoms with E-state index in [1.807, 2.05) is 6.07 Å². The number of rotatable bonds is 4. The first-order valence-electron chi connectivity index (χ1n) is 6.06. The second-order valence-corrected chi connectivity index (χ2v) is 5.75. The number of fused-ring (bicyclic) bond motifs is 1. The van der Waals surface area contributed by atoms with Crippen LogP contribution in [0.15, 0.2) is 6.07 Å². The maximum atomic E-state index is 12.1. The predicted molar refractivity (Wildman–Crippen MR) is 68.7 cm³/mol. The highest BCUT2D eigenvalue weighted by molar-refractivity contribution is 7.14. The van der Waals surface area contributed by atoms with Gasteiger partial charge >= 0.3 is 0 Å². The van der Waals surface area contributed by atoms with Crippen molar-refractivity contribution in [3.05, 3.63) is 21.4 Å². The average molecular weight is 251 g/mol. The number of hydrogen-bond acceptors (Lipinski definition) is 3. The molecule has 1 aromatic rings. The Morgan fingerprint density at radius 1 is 1.29 bits per heavy atom. The molecule has 0 saturated heterocycles. The fraction of sp³-hybridized carbons (Fsp3) is 0.538. The Morgan fingerprint density at radius 2 is 2.00 bits per heavy atom. The molecule has 0 saturated carbocycles. The lowest BCUT2D eigenvalue weighted by Crippen LogP contribution is -2.30. The number of carbonyl (C=O) groups excluding carboxylic acids is 2. The number of imide groups is 1. The number of carbonyl (C=O) groups is 2. The second-order valence-electron chi connectivity index (χ2n) is 4.66. The zero-order chi connectivity index (χ0) is 12.6. The minimum absolute atomic E-state index is 0.102. The van der Waals surface area contributed by atoms with E-state index >= 15 is 0 Å². The smallest absolute Gasteiger partial charge is 0.271 e. The maximum absolute atomic E-state index is 12.1. The van der Waals surface area contributed by atoms with Crippen molar-refractivity contribution in [1.82, 2.24) is 4.90 Å². The van der Waals surface area contributed by atoms with Crippen molar-refractivity contribution in [3.8, 4) is 0 Å². The molecule has 0 fully saturated rings. The molecule has 1 aromatic heterocycles. The molecular weight excluding hydrogens is 234 g/mol. The Hall–Kier alpha value is -1.16. The molecule has 0 aliphatic carbocycles. The van der Waals surface area contributed by atoms with Gasteiger partial charge in [0.15, 0.2) is 0 Å². The first-order valence-corrected chi connectivity index (χ1v) is 6.87. The summed E-state index contributed by atoms with van der Waals surface area (Å²) >= 11 is 1.47. The van der Waals surface area contributed by atoms with Crippen molar-refractivity contribution in [2.24, 2.45) is 0 Å². The standard InChI is InChI=1S/C13H17NO2S/c1-4-5-6-14-12(15)9-7-10(8(2)3)17-11(9)13(14)16/h7-8H,4-6H2,1-3H3. The Morgan fingerprint density at radius 3 is 2.53 bits per heavy atom. The summed E-state index contributed by atoms with van der Waals surface area (Å²) in [4.78, 5) is 27.3. The van der Waals surface area contributed by atoms with E-state index in [4.69, 9.17) is 0 Å². The highest BCUT2D eigenvalue weighted by Gasteiger charge is 2.37. The molecule has 92 valence electrons. The third-order valence-corrected chi connectivity index (χ3v) is 4.39. The van der Waals surface area contributed by atoms with Crippen LogP contribution in [0.5, 0.6) is 0 Å². The number of nitrogens with zero attached hydrogens (tertiary/aromatic N) is 1. The SMILES string of the molecule is CCCCN1C(=O)c2cc(C(C)C)sc2C1=O. The molecule has 0 atom stereocenters. The Kier molecular flexibility index (Phi) is 3.33. The quantitative estimate of drug-likeness (QED) is 0.770. The van der Waals surface area contributed by atoms with Gasteiger partial charge in [-0.25, -0.2) is 0 Å². The molecule has 2 rings (SSSR count). The van der Waals surface area contributed by atoms with E-state index in [0.717, 1.165) is 17.7 Å². The van der Waals surface area contributed by atoms with Gasteiger partial charge in [0, 0.05) is 11.4 Å². The van der Waals surface area contributed by atoms with Gasteiger partial charge in [-0.15, -0.1) is 11.3 Å².